The first kappa shape index (κ1) is 19.1. The zero-order chi connectivity index (χ0) is 20.4. The molecule has 148 valence electrons. The van der Waals surface area contributed by atoms with Crippen molar-refractivity contribution in [1.82, 2.24) is 0 Å². The Kier molecular flexibility index (Phi) is 5.03. The van der Waals surface area contributed by atoms with Crippen molar-refractivity contribution in [2.45, 2.75) is 6.61 Å². The van der Waals surface area contributed by atoms with E-state index in [1.807, 2.05) is 60.7 Å². The predicted molar refractivity (Wildman–Crippen MR) is 116 cm³/mol. The minimum absolute atomic E-state index is 0.441. The summed E-state index contributed by atoms with van der Waals surface area (Å²) in [5.41, 5.74) is 5.29. The SMILES string of the molecule is COc1cccc2c1/C(=C/c1cccc(NS(C)(=O)=O)c1)c1ccccc1OC2. The van der Waals surface area contributed by atoms with E-state index in [2.05, 4.69) is 4.72 Å². The molecule has 4 rings (SSSR count). The first-order valence-corrected chi connectivity index (χ1v) is 11.0. The summed E-state index contributed by atoms with van der Waals surface area (Å²) in [5.74, 6) is 1.56. The molecule has 0 atom stereocenters. The van der Waals surface area contributed by atoms with Gasteiger partial charge >= 0.3 is 0 Å². The van der Waals surface area contributed by atoms with Crippen LogP contribution in [0.5, 0.6) is 11.5 Å². The Hall–Kier alpha value is -3.25. The number of hydrogen-bond donors (Lipinski definition) is 1. The Morgan fingerprint density at radius 1 is 1.03 bits per heavy atom. The van der Waals surface area contributed by atoms with Crippen molar-refractivity contribution in [1.29, 1.82) is 0 Å². The summed E-state index contributed by atoms with van der Waals surface area (Å²) in [6.45, 7) is 0.441. The van der Waals surface area contributed by atoms with Gasteiger partial charge in [0.2, 0.25) is 10.0 Å². The number of para-hydroxylation sites is 1. The topological polar surface area (TPSA) is 64.6 Å². The molecule has 0 saturated carbocycles. The number of fused-ring (bicyclic) bond motifs is 2. The molecule has 29 heavy (non-hydrogen) atoms. The summed E-state index contributed by atoms with van der Waals surface area (Å²) < 4.78 is 37.4. The van der Waals surface area contributed by atoms with Gasteiger partial charge in [-0.2, -0.15) is 0 Å². The third-order valence-electron chi connectivity index (χ3n) is 4.66. The summed E-state index contributed by atoms with van der Waals surface area (Å²) in [6, 6.07) is 21.1. The van der Waals surface area contributed by atoms with E-state index in [9.17, 15) is 8.42 Å². The summed E-state index contributed by atoms with van der Waals surface area (Å²) in [6.07, 6.45) is 3.17. The zero-order valence-corrected chi connectivity index (χ0v) is 17.0. The van der Waals surface area contributed by atoms with Gasteiger partial charge in [0.15, 0.2) is 0 Å². The largest absolute Gasteiger partial charge is 0.496 e. The van der Waals surface area contributed by atoms with Gasteiger partial charge < -0.3 is 9.47 Å². The first-order chi connectivity index (χ1) is 13.9. The number of anilines is 1. The maximum atomic E-state index is 11.6. The van der Waals surface area contributed by atoms with Gasteiger partial charge in [-0.05, 0) is 41.5 Å². The lowest BCUT2D eigenvalue weighted by Gasteiger charge is -2.14. The van der Waals surface area contributed by atoms with Gasteiger partial charge in [0, 0.05) is 22.4 Å². The fraction of sp³-hybridized carbons (Fsp3) is 0.130. The number of methoxy groups -OCH3 is 1. The molecule has 3 aromatic rings. The van der Waals surface area contributed by atoms with Crippen LogP contribution in [-0.2, 0) is 16.6 Å². The number of hydrogen-bond acceptors (Lipinski definition) is 4. The Morgan fingerprint density at radius 2 is 1.83 bits per heavy atom. The normalized spacial score (nSPS) is 14.3. The number of nitrogens with one attached hydrogen (secondary N) is 1. The highest BCUT2D eigenvalue weighted by Crippen LogP contribution is 2.42. The van der Waals surface area contributed by atoms with Crippen LogP contribution < -0.4 is 14.2 Å². The highest BCUT2D eigenvalue weighted by Gasteiger charge is 2.22. The van der Waals surface area contributed by atoms with Crippen LogP contribution >= 0.6 is 0 Å². The summed E-state index contributed by atoms with van der Waals surface area (Å²) in [4.78, 5) is 0. The predicted octanol–water partition coefficient (Wildman–Crippen LogP) is 4.55. The Morgan fingerprint density at radius 3 is 2.62 bits per heavy atom. The lowest BCUT2D eigenvalue weighted by atomic mass is 9.92. The van der Waals surface area contributed by atoms with E-state index in [0.29, 0.717) is 12.3 Å². The minimum Gasteiger partial charge on any atom is -0.496 e. The molecular weight excluding hydrogens is 386 g/mol. The molecule has 1 heterocycles. The molecule has 0 amide bonds. The number of ether oxygens (including phenoxy) is 2. The zero-order valence-electron chi connectivity index (χ0n) is 16.2. The van der Waals surface area contributed by atoms with Gasteiger partial charge in [-0.15, -0.1) is 0 Å². The molecule has 0 aromatic heterocycles. The van der Waals surface area contributed by atoms with Gasteiger partial charge in [-0.1, -0.05) is 42.5 Å². The van der Waals surface area contributed by atoms with Crippen molar-refractivity contribution in [2.75, 3.05) is 18.1 Å². The first-order valence-electron chi connectivity index (χ1n) is 9.12. The van der Waals surface area contributed by atoms with Crippen LogP contribution in [-0.4, -0.2) is 21.8 Å². The second kappa shape index (κ2) is 7.64. The highest BCUT2D eigenvalue weighted by atomic mass is 32.2. The molecule has 0 bridgehead atoms. The van der Waals surface area contributed by atoms with Crippen molar-refractivity contribution in [3.63, 3.8) is 0 Å². The minimum atomic E-state index is -3.35. The van der Waals surface area contributed by atoms with E-state index in [-0.39, 0.29) is 0 Å². The second-order valence-corrected chi connectivity index (χ2v) is 8.59. The number of benzene rings is 3. The molecule has 0 fully saturated rings. The van der Waals surface area contributed by atoms with E-state index in [1.165, 1.54) is 0 Å². The van der Waals surface area contributed by atoms with Gasteiger partial charge in [0.1, 0.15) is 18.1 Å². The maximum Gasteiger partial charge on any atom is 0.229 e. The molecule has 0 spiro atoms. The van der Waals surface area contributed by atoms with Gasteiger partial charge in [0.25, 0.3) is 0 Å². The number of rotatable bonds is 4. The molecule has 5 nitrogen and oxygen atoms in total. The van der Waals surface area contributed by atoms with Crippen molar-refractivity contribution in [3.05, 3.63) is 89.0 Å². The standard InChI is InChI=1S/C23H21NO4S/c1-27-22-12-6-8-17-15-28-21-11-4-3-10-19(21)20(23(17)22)14-16-7-5-9-18(13-16)24-29(2,25)26/h3-14,24H,15H2,1-2H3/b20-14+. The van der Waals surface area contributed by atoms with Crippen LogP contribution in [0.15, 0.2) is 66.7 Å². The fourth-order valence-electron chi connectivity index (χ4n) is 3.50. The lowest BCUT2D eigenvalue weighted by Crippen LogP contribution is -2.09. The van der Waals surface area contributed by atoms with Crippen molar-refractivity contribution < 1.29 is 17.9 Å². The Balaban J connectivity index is 1.92. The molecule has 1 aliphatic heterocycles. The average Bonchev–Trinajstić information content (AvgIpc) is 2.84. The molecule has 3 aromatic carbocycles. The van der Waals surface area contributed by atoms with Crippen LogP contribution in [0.2, 0.25) is 0 Å². The summed E-state index contributed by atoms with van der Waals surface area (Å²) in [7, 11) is -1.70. The molecule has 1 aliphatic rings. The average molecular weight is 407 g/mol. The molecule has 6 heteroatoms. The van der Waals surface area contributed by atoms with Crippen molar-refractivity contribution in [2.24, 2.45) is 0 Å². The van der Waals surface area contributed by atoms with E-state index >= 15 is 0 Å². The van der Waals surface area contributed by atoms with Crippen LogP contribution in [0.3, 0.4) is 0 Å². The maximum absolute atomic E-state index is 11.6. The molecule has 0 unspecified atom stereocenters. The van der Waals surface area contributed by atoms with E-state index in [0.717, 1.165) is 45.6 Å². The Bertz CT molecular complexity index is 1200. The Labute approximate surface area is 170 Å². The fourth-order valence-corrected chi connectivity index (χ4v) is 4.06. The second-order valence-electron chi connectivity index (χ2n) is 6.84. The third kappa shape index (κ3) is 4.12. The van der Waals surface area contributed by atoms with Crippen LogP contribution in [0.25, 0.3) is 11.6 Å². The van der Waals surface area contributed by atoms with Gasteiger partial charge in [0.05, 0.1) is 13.4 Å². The summed E-state index contributed by atoms with van der Waals surface area (Å²) in [5, 5.41) is 0. The lowest BCUT2D eigenvalue weighted by molar-refractivity contribution is 0.306. The van der Waals surface area contributed by atoms with E-state index < -0.39 is 10.0 Å². The van der Waals surface area contributed by atoms with Gasteiger partial charge in [-0.25, -0.2) is 8.42 Å². The van der Waals surface area contributed by atoms with Crippen molar-refractivity contribution >= 4 is 27.4 Å². The molecule has 0 aliphatic carbocycles. The molecule has 0 saturated heterocycles. The highest BCUT2D eigenvalue weighted by molar-refractivity contribution is 7.92. The van der Waals surface area contributed by atoms with Gasteiger partial charge in [-0.3, -0.25) is 4.72 Å². The molecule has 0 radical (unpaired) electrons. The number of sulfonamides is 1. The van der Waals surface area contributed by atoms with Crippen LogP contribution in [0.1, 0.15) is 22.3 Å². The van der Waals surface area contributed by atoms with E-state index in [4.69, 9.17) is 9.47 Å². The smallest absolute Gasteiger partial charge is 0.229 e. The molecule has 1 N–H and O–H groups in total. The van der Waals surface area contributed by atoms with Crippen molar-refractivity contribution in [3.8, 4) is 11.5 Å². The van der Waals surface area contributed by atoms with Crippen LogP contribution in [0, 0.1) is 0 Å². The van der Waals surface area contributed by atoms with Crippen LogP contribution in [0.4, 0.5) is 5.69 Å². The third-order valence-corrected chi connectivity index (χ3v) is 5.27. The summed E-state index contributed by atoms with van der Waals surface area (Å²) >= 11 is 0. The quantitative estimate of drug-likeness (QED) is 0.689. The monoisotopic (exact) mass is 407 g/mol. The van der Waals surface area contributed by atoms with E-state index in [1.54, 1.807) is 19.2 Å². The molecular formula is C23H21NO4S.